The van der Waals surface area contributed by atoms with E-state index in [4.69, 9.17) is 9.72 Å². The number of rotatable bonds is 7. The monoisotopic (exact) mass is 619 g/mol. The summed E-state index contributed by atoms with van der Waals surface area (Å²) in [4.78, 5) is 41.0. The molecular weight excluding hydrogens is 586 g/mol. The average Bonchev–Trinajstić information content (AvgIpc) is 3.27. The van der Waals surface area contributed by atoms with E-state index in [-0.39, 0.29) is 24.1 Å². The largest absolute Gasteiger partial charge is 0.476 e. The predicted octanol–water partition coefficient (Wildman–Crippen LogP) is 4.03. The molecule has 10 nitrogen and oxygen atoms in total. The van der Waals surface area contributed by atoms with Gasteiger partial charge >= 0.3 is 0 Å². The second-order valence-electron chi connectivity index (χ2n) is 10.8. The number of ether oxygens (including phenoxy) is 1. The summed E-state index contributed by atoms with van der Waals surface area (Å²) >= 11 is 3.51. The fourth-order valence-corrected chi connectivity index (χ4v) is 5.24. The van der Waals surface area contributed by atoms with Gasteiger partial charge in [0.15, 0.2) is 0 Å². The number of aryl methyl sites for hydroxylation is 3. The molecule has 0 saturated heterocycles. The van der Waals surface area contributed by atoms with Gasteiger partial charge in [0, 0.05) is 39.9 Å². The van der Waals surface area contributed by atoms with Crippen LogP contribution in [0, 0.1) is 20.8 Å². The molecule has 214 valence electrons. The Bertz CT molecular complexity index is 1660. The van der Waals surface area contributed by atoms with Crippen molar-refractivity contribution in [3.8, 4) is 17.5 Å². The van der Waals surface area contributed by atoms with Crippen LogP contribution in [0.15, 0.2) is 51.9 Å². The first kappa shape index (κ1) is 28.7. The highest BCUT2D eigenvalue weighted by molar-refractivity contribution is 9.10. The number of aromatic nitrogens is 5. The molecule has 1 aliphatic heterocycles. The Morgan fingerprint density at radius 3 is 2.56 bits per heavy atom. The number of nitrogens with zero attached hydrogens (tertiary/aromatic N) is 7. The van der Waals surface area contributed by atoms with Crippen molar-refractivity contribution in [2.45, 2.75) is 46.7 Å². The van der Waals surface area contributed by atoms with Gasteiger partial charge in [-0.25, -0.2) is 19.2 Å². The number of halogens is 1. The molecule has 41 heavy (non-hydrogen) atoms. The number of pyridine rings is 1. The zero-order valence-corrected chi connectivity index (χ0v) is 25.8. The molecule has 0 saturated carbocycles. The minimum Gasteiger partial charge on any atom is -0.476 e. The summed E-state index contributed by atoms with van der Waals surface area (Å²) < 4.78 is 9.92. The molecule has 5 rings (SSSR count). The summed E-state index contributed by atoms with van der Waals surface area (Å²) in [5.41, 5.74) is 4.75. The maximum atomic E-state index is 14.1. The molecule has 0 unspecified atom stereocenters. The van der Waals surface area contributed by atoms with Gasteiger partial charge in [0.2, 0.25) is 11.8 Å². The molecule has 0 bridgehead atoms. The lowest BCUT2D eigenvalue weighted by Gasteiger charge is -2.34. The number of fused-ring (bicyclic) bond motifs is 1. The number of hydrogen-bond acceptors (Lipinski definition) is 7. The molecule has 3 aromatic heterocycles. The van der Waals surface area contributed by atoms with Crippen molar-refractivity contribution < 1.29 is 9.53 Å². The van der Waals surface area contributed by atoms with Gasteiger partial charge in [-0.05, 0) is 84.1 Å². The fourth-order valence-electron chi connectivity index (χ4n) is 4.99. The number of amides is 1. The van der Waals surface area contributed by atoms with E-state index in [0.29, 0.717) is 47.4 Å². The molecular formula is C30H34BrN7O3. The Morgan fingerprint density at radius 2 is 1.93 bits per heavy atom. The van der Waals surface area contributed by atoms with Crippen LogP contribution in [0.4, 0.5) is 0 Å². The first-order valence-electron chi connectivity index (χ1n) is 13.5. The molecule has 0 fully saturated rings. The maximum absolute atomic E-state index is 14.1. The topological polar surface area (TPSA) is 98.4 Å². The Morgan fingerprint density at radius 1 is 1.15 bits per heavy atom. The van der Waals surface area contributed by atoms with Gasteiger partial charge in [0.25, 0.3) is 11.5 Å². The minimum absolute atomic E-state index is 0.0913. The number of carbonyl (C=O) groups excluding carboxylic acids is 1. The molecule has 4 aromatic rings. The molecule has 1 atom stereocenters. The van der Waals surface area contributed by atoms with Crippen LogP contribution in [0.3, 0.4) is 0 Å². The van der Waals surface area contributed by atoms with Crippen molar-refractivity contribution >= 4 is 21.8 Å². The average molecular weight is 621 g/mol. The molecule has 1 aliphatic rings. The highest BCUT2D eigenvalue weighted by Crippen LogP contribution is 2.26. The van der Waals surface area contributed by atoms with Crippen LogP contribution < -0.4 is 10.3 Å². The maximum Gasteiger partial charge on any atom is 0.263 e. The molecule has 11 heteroatoms. The second-order valence-corrected chi connectivity index (χ2v) is 11.6. The van der Waals surface area contributed by atoms with Crippen molar-refractivity contribution in [1.29, 1.82) is 0 Å². The highest BCUT2D eigenvalue weighted by atomic mass is 79.9. The Balaban J connectivity index is 1.56. The molecule has 0 radical (unpaired) electrons. The third-order valence-corrected chi connectivity index (χ3v) is 8.12. The van der Waals surface area contributed by atoms with Gasteiger partial charge in [0.1, 0.15) is 6.61 Å². The lowest BCUT2D eigenvalue weighted by atomic mass is 9.98. The minimum atomic E-state index is -0.195. The Hall–Kier alpha value is -3.83. The van der Waals surface area contributed by atoms with Crippen molar-refractivity contribution in [3.05, 3.63) is 91.2 Å². The van der Waals surface area contributed by atoms with Crippen LogP contribution in [0.1, 0.15) is 45.5 Å². The van der Waals surface area contributed by atoms with Gasteiger partial charge in [0.05, 0.1) is 29.8 Å². The van der Waals surface area contributed by atoms with Crippen LogP contribution >= 0.6 is 15.9 Å². The summed E-state index contributed by atoms with van der Waals surface area (Å²) in [6.07, 6.45) is 2.01. The molecule has 1 amide bonds. The number of hydrogen-bond donors (Lipinski definition) is 0. The van der Waals surface area contributed by atoms with E-state index >= 15 is 0 Å². The zero-order chi connectivity index (χ0) is 29.4. The van der Waals surface area contributed by atoms with Crippen LogP contribution in [-0.2, 0) is 13.0 Å². The summed E-state index contributed by atoms with van der Waals surface area (Å²) in [7, 11) is 3.96. The molecule has 0 N–H and O–H groups in total. The van der Waals surface area contributed by atoms with E-state index in [0.717, 1.165) is 28.0 Å². The van der Waals surface area contributed by atoms with E-state index in [9.17, 15) is 9.59 Å². The SMILES string of the molecule is Cc1cc(C)n(-c2nc3c(c(=O)n2-c2ccc(OCCN(C)C)nc2)C[C@@H](C)N(C(=O)c2ccc(Br)c(C)c2)C3)n1. The smallest absolute Gasteiger partial charge is 0.263 e. The normalized spacial score (nSPS) is 14.8. The van der Waals surface area contributed by atoms with Crippen molar-refractivity contribution in [1.82, 2.24) is 34.1 Å². The quantitative estimate of drug-likeness (QED) is 0.308. The van der Waals surface area contributed by atoms with E-state index in [1.54, 1.807) is 32.5 Å². The van der Waals surface area contributed by atoms with Gasteiger partial charge in [-0.15, -0.1) is 0 Å². The summed E-state index contributed by atoms with van der Waals surface area (Å²) in [5.74, 6) is 0.739. The van der Waals surface area contributed by atoms with Crippen molar-refractivity contribution in [2.24, 2.45) is 0 Å². The highest BCUT2D eigenvalue weighted by Gasteiger charge is 2.32. The van der Waals surface area contributed by atoms with Crippen LogP contribution in [0.25, 0.3) is 11.6 Å². The summed E-state index contributed by atoms with van der Waals surface area (Å²) in [6, 6.07) is 10.9. The second kappa shape index (κ2) is 11.6. The fraction of sp³-hybridized carbons (Fsp3) is 0.367. The van der Waals surface area contributed by atoms with Crippen molar-refractivity contribution in [2.75, 3.05) is 27.2 Å². The molecule has 1 aromatic carbocycles. The van der Waals surface area contributed by atoms with E-state index in [2.05, 4.69) is 26.0 Å². The van der Waals surface area contributed by atoms with Gasteiger partial charge in [-0.2, -0.15) is 5.10 Å². The van der Waals surface area contributed by atoms with E-state index in [1.165, 1.54) is 0 Å². The number of benzene rings is 1. The lowest BCUT2D eigenvalue weighted by molar-refractivity contribution is 0.0652. The molecule has 0 spiro atoms. The summed E-state index contributed by atoms with van der Waals surface area (Å²) in [6.45, 7) is 9.23. The lowest BCUT2D eigenvalue weighted by Crippen LogP contribution is -2.46. The first-order valence-corrected chi connectivity index (χ1v) is 14.3. The standard InChI is InChI=1S/C30H34BrN7O3/c1-18-13-22(7-9-25(18)31)28(39)36-17-26-24(15-20(36)3)29(40)37(30(33-26)38-21(4)14-19(2)34-38)23-8-10-27(32-16-23)41-12-11-35(5)6/h7-10,13-14,16,20H,11-12,15,17H2,1-6H3/t20-/m1/s1. The van der Waals surface area contributed by atoms with Crippen LogP contribution in [-0.4, -0.2) is 73.3 Å². The third-order valence-electron chi connectivity index (χ3n) is 7.23. The Labute approximate surface area is 247 Å². The van der Waals surface area contributed by atoms with E-state index in [1.807, 2.05) is 71.0 Å². The Kier molecular flexibility index (Phi) is 8.10. The van der Waals surface area contributed by atoms with Crippen molar-refractivity contribution in [3.63, 3.8) is 0 Å². The molecule has 0 aliphatic carbocycles. The van der Waals surface area contributed by atoms with Gasteiger partial charge in [-0.3, -0.25) is 9.59 Å². The van der Waals surface area contributed by atoms with Gasteiger partial charge in [-0.1, -0.05) is 15.9 Å². The molecule has 4 heterocycles. The van der Waals surface area contributed by atoms with E-state index < -0.39 is 0 Å². The van der Waals surface area contributed by atoms with Crippen LogP contribution in [0.2, 0.25) is 0 Å². The number of carbonyl (C=O) groups is 1. The van der Waals surface area contributed by atoms with Crippen LogP contribution in [0.5, 0.6) is 5.88 Å². The summed E-state index contributed by atoms with van der Waals surface area (Å²) in [5, 5.41) is 4.63. The first-order chi connectivity index (χ1) is 19.5. The predicted molar refractivity (Wildman–Crippen MR) is 160 cm³/mol. The van der Waals surface area contributed by atoms with Gasteiger partial charge < -0.3 is 14.5 Å². The third kappa shape index (κ3) is 5.82. The zero-order valence-electron chi connectivity index (χ0n) is 24.2. The number of likely N-dealkylation sites (N-methyl/N-ethyl adjacent to an activating group) is 1.